The van der Waals surface area contributed by atoms with E-state index in [4.69, 9.17) is 14.7 Å². The van der Waals surface area contributed by atoms with Gasteiger partial charge in [0, 0.05) is 27.4 Å². The van der Waals surface area contributed by atoms with Crippen molar-refractivity contribution in [2.45, 2.75) is 36.1 Å². The molecule has 0 aliphatic heterocycles. The van der Waals surface area contributed by atoms with Gasteiger partial charge >= 0.3 is 5.97 Å². The molecule has 0 aliphatic carbocycles. The number of carbonyl (C=O) groups excluding carboxylic acids is 1. The lowest BCUT2D eigenvalue weighted by Crippen LogP contribution is -2.08. The van der Waals surface area contributed by atoms with E-state index in [2.05, 4.69) is 48.7 Å². The van der Waals surface area contributed by atoms with E-state index in [-0.39, 0.29) is 5.97 Å². The molecule has 0 spiro atoms. The molecule has 0 radical (unpaired) electrons. The zero-order valence-electron chi connectivity index (χ0n) is 22.1. The molecule has 5 rings (SSSR count). The number of anilines is 3. The summed E-state index contributed by atoms with van der Waals surface area (Å²) in [5, 5.41) is 7.94. The minimum absolute atomic E-state index is 0.350. The number of esters is 1. The van der Waals surface area contributed by atoms with Gasteiger partial charge in [0.25, 0.3) is 0 Å². The van der Waals surface area contributed by atoms with Crippen LogP contribution < -0.4 is 10.6 Å². The summed E-state index contributed by atoms with van der Waals surface area (Å²) in [6.07, 6.45) is 0. The van der Waals surface area contributed by atoms with Crippen LogP contribution in [-0.4, -0.2) is 23.0 Å². The Morgan fingerprint density at radius 1 is 0.846 bits per heavy atom. The number of aromatic nitrogens is 2. The first-order valence-electron chi connectivity index (χ1n) is 12.8. The molecule has 1 heterocycles. The Balaban J connectivity index is 1.42. The average molecular weight is 535 g/mol. The first-order chi connectivity index (χ1) is 19.0. The number of fused-ring (bicyclic) bond motifs is 1. The zero-order valence-corrected chi connectivity index (χ0v) is 23.0. The predicted molar refractivity (Wildman–Crippen MR) is 159 cm³/mol. The summed E-state index contributed by atoms with van der Waals surface area (Å²) in [5.74, 6) is 1.31. The van der Waals surface area contributed by atoms with Crippen LogP contribution in [0.3, 0.4) is 0 Å². The van der Waals surface area contributed by atoms with Crippen molar-refractivity contribution in [1.82, 2.24) is 9.97 Å². The highest BCUT2D eigenvalue weighted by Gasteiger charge is 2.15. The Morgan fingerprint density at radius 2 is 1.54 bits per heavy atom. The number of para-hydroxylation sites is 2. The first kappa shape index (κ1) is 26.3. The van der Waals surface area contributed by atoms with Crippen LogP contribution >= 0.6 is 11.8 Å². The van der Waals surface area contributed by atoms with Gasteiger partial charge in [0.05, 0.1) is 18.2 Å². The topological polar surface area (TPSA) is 76.1 Å². The molecule has 0 atom stereocenters. The predicted octanol–water partition coefficient (Wildman–Crippen LogP) is 8.05. The van der Waals surface area contributed by atoms with Crippen LogP contribution in [0.15, 0.2) is 107 Å². The first-order valence-corrected chi connectivity index (χ1v) is 13.6. The maximum absolute atomic E-state index is 12.3. The van der Waals surface area contributed by atoms with E-state index in [0.29, 0.717) is 24.0 Å². The van der Waals surface area contributed by atoms with E-state index in [1.165, 1.54) is 24.4 Å². The lowest BCUT2D eigenvalue weighted by molar-refractivity contribution is 0.0597. The molecule has 1 aromatic heterocycles. The van der Waals surface area contributed by atoms with Crippen molar-refractivity contribution in [3.05, 3.63) is 114 Å². The van der Waals surface area contributed by atoms with Crippen molar-refractivity contribution in [1.29, 1.82) is 0 Å². The maximum Gasteiger partial charge on any atom is 0.339 e. The fraction of sp³-hybridized carbons (Fsp3) is 0.156. The Bertz CT molecular complexity index is 1620. The summed E-state index contributed by atoms with van der Waals surface area (Å²) in [4.78, 5) is 23.8. The van der Waals surface area contributed by atoms with Gasteiger partial charge in [-0.05, 0) is 53.4 Å². The van der Waals surface area contributed by atoms with Crippen molar-refractivity contribution < 1.29 is 9.53 Å². The van der Waals surface area contributed by atoms with Crippen LogP contribution in [0.1, 0.15) is 41.3 Å². The number of benzene rings is 4. The molecule has 5 aromatic rings. The highest BCUT2D eigenvalue weighted by atomic mass is 32.2. The van der Waals surface area contributed by atoms with Gasteiger partial charge in [0.2, 0.25) is 5.95 Å². The molecule has 6 nitrogen and oxygen atoms in total. The molecule has 7 heteroatoms. The van der Waals surface area contributed by atoms with Gasteiger partial charge in [-0.3, -0.25) is 0 Å². The van der Waals surface area contributed by atoms with E-state index in [1.807, 2.05) is 66.7 Å². The third-order valence-corrected chi connectivity index (χ3v) is 7.56. The monoisotopic (exact) mass is 534 g/mol. The minimum Gasteiger partial charge on any atom is -0.465 e. The van der Waals surface area contributed by atoms with Crippen molar-refractivity contribution in [3.63, 3.8) is 0 Å². The van der Waals surface area contributed by atoms with Gasteiger partial charge < -0.3 is 15.4 Å². The lowest BCUT2D eigenvalue weighted by atomic mass is 10.0. The molecular formula is C32H30N4O2S. The van der Waals surface area contributed by atoms with Gasteiger partial charge in [0.1, 0.15) is 5.82 Å². The number of carbonyl (C=O) groups is 1. The fourth-order valence-electron chi connectivity index (χ4n) is 4.37. The van der Waals surface area contributed by atoms with Crippen molar-refractivity contribution in [2.24, 2.45) is 0 Å². The number of hydrogen-bond acceptors (Lipinski definition) is 7. The van der Waals surface area contributed by atoms with Crippen LogP contribution in [-0.2, 0) is 11.3 Å². The molecule has 0 saturated carbocycles. The molecule has 4 aromatic carbocycles. The quantitative estimate of drug-likeness (QED) is 0.185. The summed E-state index contributed by atoms with van der Waals surface area (Å²) in [5.41, 5.74) is 4.73. The number of ether oxygens (including phenoxy) is 1. The number of rotatable bonds is 9. The van der Waals surface area contributed by atoms with Gasteiger partial charge in [-0.15, -0.1) is 0 Å². The largest absolute Gasteiger partial charge is 0.465 e. The fourth-order valence-corrected chi connectivity index (χ4v) is 5.43. The second-order valence-corrected chi connectivity index (χ2v) is 10.4. The maximum atomic E-state index is 12.3. The summed E-state index contributed by atoms with van der Waals surface area (Å²) in [7, 11) is 1.40. The molecule has 0 saturated heterocycles. The summed E-state index contributed by atoms with van der Waals surface area (Å²) in [6, 6.07) is 31.9. The highest BCUT2D eigenvalue weighted by Crippen LogP contribution is 2.34. The standard InChI is InChI=1S/C32H30N4O2S/c1-21(2)23-13-5-8-16-26(23)34-30-24-14-6-9-17-27(24)35-32(36-30)33-20-22-12-4-10-18-28(22)39-29-19-11-7-15-25(29)31(37)38-3/h4-19,21H,20H2,1-3H3,(H2,33,34,35,36). The Morgan fingerprint density at radius 3 is 2.36 bits per heavy atom. The number of hydrogen-bond donors (Lipinski definition) is 2. The normalized spacial score (nSPS) is 11.0. The van der Waals surface area contributed by atoms with Crippen LogP contribution in [0.25, 0.3) is 10.9 Å². The summed E-state index contributed by atoms with van der Waals surface area (Å²) >= 11 is 1.54. The second-order valence-electron chi connectivity index (χ2n) is 9.33. The van der Waals surface area contributed by atoms with E-state index in [0.717, 1.165) is 37.8 Å². The van der Waals surface area contributed by atoms with Gasteiger partial charge in [-0.2, -0.15) is 4.98 Å². The smallest absolute Gasteiger partial charge is 0.339 e. The van der Waals surface area contributed by atoms with Gasteiger partial charge in [-0.25, -0.2) is 9.78 Å². The molecule has 0 fully saturated rings. The summed E-state index contributed by atoms with van der Waals surface area (Å²) in [6.45, 7) is 4.89. The SMILES string of the molecule is COC(=O)c1ccccc1Sc1ccccc1CNc1nc(Nc2ccccc2C(C)C)c2ccccc2n1. The molecule has 0 unspecified atom stereocenters. The summed E-state index contributed by atoms with van der Waals surface area (Å²) < 4.78 is 4.97. The van der Waals surface area contributed by atoms with Crippen molar-refractivity contribution >= 4 is 46.1 Å². The Hall–Kier alpha value is -4.36. The molecular weight excluding hydrogens is 504 g/mol. The lowest BCUT2D eigenvalue weighted by Gasteiger charge is -2.16. The number of nitrogens with zero attached hydrogens (tertiary/aromatic N) is 2. The van der Waals surface area contributed by atoms with Crippen LogP contribution in [0.2, 0.25) is 0 Å². The number of methoxy groups -OCH3 is 1. The molecule has 0 amide bonds. The molecule has 0 aliphatic rings. The highest BCUT2D eigenvalue weighted by molar-refractivity contribution is 7.99. The van der Waals surface area contributed by atoms with Crippen LogP contribution in [0, 0.1) is 0 Å². The van der Waals surface area contributed by atoms with Gasteiger partial charge in [0.15, 0.2) is 0 Å². The third kappa shape index (κ3) is 6.04. The molecule has 0 bridgehead atoms. The molecule has 2 N–H and O–H groups in total. The third-order valence-electron chi connectivity index (χ3n) is 6.36. The second kappa shape index (κ2) is 12.0. The van der Waals surface area contributed by atoms with E-state index >= 15 is 0 Å². The van der Waals surface area contributed by atoms with E-state index in [9.17, 15) is 4.79 Å². The van der Waals surface area contributed by atoms with Crippen molar-refractivity contribution in [3.8, 4) is 0 Å². The number of nitrogens with one attached hydrogen (secondary N) is 2. The van der Waals surface area contributed by atoms with E-state index < -0.39 is 0 Å². The van der Waals surface area contributed by atoms with Crippen molar-refractivity contribution in [2.75, 3.05) is 17.7 Å². The Labute approximate surface area is 232 Å². The zero-order chi connectivity index (χ0) is 27.2. The molecule has 39 heavy (non-hydrogen) atoms. The van der Waals surface area contributed by atoms with Crippen LogP contribution in [0.4, 0.5) is 17.5 Å². The minimum atomic E-state index is -0.350. The van der Waals surface area contributed by atoms with Gasteiger partial charge in [-0.1, -0.05) is 86.3 Å². The Kier molecular flexibility index (Phi) is 8.08. The van der Waals surface area contributed by atoms with E-state index in [1.54, 1.807) is 6.07 Å². The van der Waals surface area contributed by atoms with Crippen LogP contribution in [0.5, 0.6) is 0 Å². The average Bonchev–Trinajstić information content (AvgIpc) is 2.97. The molecule has 196 valence electrons.